The highest BCUT2D eigenvalue weighted by molar-refractivity contribution is 7.99. The molecule has 4 nitrogen and oxygen atoms in total. The molecule has 5 rings (SSSR count). The minimum atomic E-state index is -0.401. The number of likely N-dealkylation sites (N-methyl/N-ethyl adjacent to an activating group) is 1. The van der Waals surface area contributed by atoms with Gasteiger partial charge in [-0.3, -0.25) is 14.2 Å². The Morgan fingerprint density at radius 1 is 1.14 bits per heavy atom. The molecule has 1 aromatic heterocycles. The Hall–Kier alpha value is -2.53. The molecule has 142 valence electrons. The third kappa shape index (κ3) is 2.85. The first kappa shape index (κ1) is 17.6. The van der Waals surface area contributed by atoms with E-state index in [1.807, 2.05) is 0 Å². The van der Waals surface area contributed by atoms with Crippen LogP contribution in [-0.2, 0) is 11.2 Å². The molecule has 5 heteroatoms. The number of benzene rings is 2. The van der Waals surface area contributed by atoms with Crippen LogP contribution >= 0.6 is 11.8 Å². The maximum Gasteiger partial charge on any atom is 0.252 e. The molecule has 1 amide bonds. The van der Waals surface area contributed by atoms with E-state index in [4.69, 9.17) is 0 Å². The van der Waals surface area contributed by atoms with E-state index in [0.717, 1.165) is 17.0 Å². The van der Waals surface area contributed by atoms with Gasteiger partial charge in [0.05, 0.1) is 5.03 Å². The summed E-state index contributed by atoms with van der Waals surface area (Å²) in [5.41, 5.74) is 3.60. The van der Waals surface area contributed by atoms with Crippen LogP contribution in [0, 0.1) is 0 Å². The van der Waals surface area contributed by atoms with Crippen molar-refractivity contribution < 1.29 is 4.79 Å². The average Bonchev–Trinajstić information content (AvgIpc) is 3.45. The molecule has 0 bridgehead atoms. The average molecular weight is 391 g/mol. The predicted molar refractivity (Wildman–Crippen MR) is 113 cm³/mol. The van der Waals surface area contributed by atoms with Gasteiger partial charge in [0.1, 0.15) is 6.04 Å². The third-order valence-electron chi connectivity index (χ3n) is 5.82. The molecule has 0 radical (unpaired) electrons. The fraction of sp³-hybridized carbons (Fsp3) is 0.304. The predicted octanol–water partition coefficient (Wildman–Crippen LogP) is 3.86. The first-order valence-electron chi connectivity index (χ1n) is 9.76. The summed E-state index contributed by atoms with van der Waals surface area (Å²) in [6.45, 7) is 0. The van der Waals surface area contributed by atoms with Crippen LogP contribution in [0.4, 0.5) is 0 Å². The molecular formula is C23H22N2O2S. The molecule has 1 fully saturated rings. The Kier molecular flexibility index (Phi) is 4.27. The number of nitrogens with zero attached hydrogens (tertiary/aromatic N) is 1. The zero-order valence-corrected chi connectivity index (χ0v) is 16.6. The van der Waals surface area contributed by atoms with Crippen molar-refractivity contribution in [2.45, 2.75) is 36.2 Å². The van der Waals surface area contributed by atoms with Gasteiger partial charge >= 0.3 is 0 Å². The maximum atomic E-state index is 13.0. The zero-order valence-electron chi connectivity index (χ0n) is 15.8. The number of amides is 1. The molecule has 1 atom stereocenters. The third-order valence-corrected chi connectivity index (χ3v) is 6.99. The van der Waals surface area contributed by atoms with Gasteiger partial charge in [-0.15, -0.1) is 11.8 Å². The maximum absolute atomic E-state index is 13.0. The Bertz CT molecular complexity index is 1140. The van der Waals surface area contributed by atoms with Gasteiger partial charge < -0.3 is 5.32 Å². The van der Waals surface area contributed by atoms with Gasteiger partial charge in [0.25, 0.3) is 5.56 Å². The molecule has 2 aliphatic rings. The molecule has 1 N–H and O–H groups in total. The van der Waals surface area contributed by atoms with Crippen molar-refractivity contribution in [2.75, 3.05) is 12.8 Å². The summed E-state index contributed by atoms with van der Waals surface area (Å²) in [7, 11) is 1.63. The van der Waals surface area contributed by atoms with Crippen LogP contribution in [0.1, 0.15) is 41.5 Å². The van der Waals surface area contributed by atoms with Crippen molar-refractivity contribution >= 4 is 28.4 Å². The van der Waals surface area contributed by atoms with Gasteiger partial charge in [0.2, 0.25) is 5.91 Å². The smallest absolute Gasteiger partial charge is 0.252 e. The topological polar surface area (TPSA) is 51.1 Å². The summed E-state index contributed by atoms with van der Waals surface area (Å²) in [5.74, 6) is 1.06. The van der Waals surface area contributed by atoms with Gasteiger partial charge in [-0.25, -0.2) is 0 Å². The summed E-state index contributed by atoms with van der Waals surface area (Å²) in [5, 5.41) is 6.18. The van der Waals surface area contributed by atoms with Crippen molar-refractivity contribution in [1.82, 2.24) is 9.88 Å². The fourth-order valence-electron chi connectivity index (χ4n) is 4.30. The number of carbonyl (C=O) groups is 1. The van der Waals surface area contributed by atoms with E-state index in [1.165, 1.54) is 34.7 Å². The van der Waals surface area contributed by atoms with Crippen molar-refractivity contribution in [3.63, 3.8) is 0 Å². The second kappa shape index (κ2) is 6.82. The minimum Gasteiger partial charge on any atom is -0.357 e. The number of thioether (sulfide) groups is 1. The molecule has 0 saturated heterocycles. The van der Waals surface area contributed by atoms with Gasteiger partial charge in [-0.2, -0.15) is 0 Å². The molecule has 1 aliphatic heterocycles. The van der Waals surface area contributed by atoms with E-state index < -0.39 is 6.04 Å². The fourth-order valence-corrected chi connectivity index (χ4v) is 5.73. The highest BCUT2D eigenvalue weighted by atomic mass is 32.2. The van der Waals surface area contributed by atoms with Crippen LogP contribution in [0.3, 0.4) is 0 Å². The van der Waals surface area contributed by atoms with Crippen LogP contribution in [0.25, 0.3) is 10.8 Å². The van der Waals surface area contributed by atoms with E-state index in [2.05, 4.69) is 47.8 Å². The Balaban J connectivity index is 1.64. The zero-order chi connectivity index (χ0) is 19.3. The van der Waals surface area contributed by atoms with E-state index in [0.29, 0.717) is 11.7 Å². The Morgan fingerprint density at radius 3 is 2.71 bits per heavy atom. The Morgan fingerprint density at radius 2 is 1.93 bits per heavy atom. The lowest BCUT2D eigenvalue weighted by Gasteiger charge is -2.18. The van der Waals surface area contributed by atoms with Crippen molar-refractivity contribution in [3.8, 4) is 0 Å². The molecule has 28 heavy (non-hydrogen) atoms. The standard InChI is InChI=1S/C23H22N2O2S/c1-24-22(27)19-13-28-23-21(15-9-10-15)17(12-20(26)25(19)23)11-16-7-4-6-14-5-2-3-8-18(14)16/h2-8,12,15,19H,9-11,13H2,1H3,(H,24,27). The normalized spacial score (nSPS) is 18.2. The van der Waals surface area contributed by atoms with Crippen LogP contribution < -0.4 is 10.9 Å². The quantitative estimate of drug-likeness (QED) is 0.736. The number of hydrogen-bond donors (Lipinski definition) is 1. The first-order chi connectivity index (χ1) is 13.7. The second-order valence-corrected chi connectivity index (χ2v) is 8.64. The summed E-state index contributed by atoms with van der Waals surface area (Å²) >= 11 is 1.66. The van der Waals surface area contributed by atoms with Crippen molar-refractivity contribution in [3.05, 3.63) is 75.6 Å². The number of aromatic nitrogens is 1. The summed E-state index contributed by atoms with van der Waals surface area (Å²) in [4.78, 5) is 25.2. The first-order valence-corrected chi connectivity index (χ1v) is 10.7. The van der Waals surface area contributed by atoms with Crippen molar-refractivity contribution in [2.24, 2.45) is 0 Å². The van der Waals surface area contributed by atoms with Gasteiger partial charge in [0.15, 0.2) is 0 Å². The van der Waals surface area contributed by atoms with Gasteiger partial charge in [-0.05, 0) is 52.6 Å². The molecule has 1 saturated carbocycles. The number of carbonyl (C=O) groups excluding carboxylic acids is 1. The van der Waals surface area contributed by atoms with E-state index >= 15 is 0 Å². The molecule has 3 aromatic rings. The molecule has 0 spiro atoms. The number of fused-ring (bicyclic) bond motifs is 2. The van der Waals surface area contributed by atoms with E-state index in [9.17, 15) is 9.59 Å². The van der Waals surface area contributed by atoms with E-state index in [1.54, 1.807) is 29.4 Å². The van der Waals surface area contributed by atoms with Crippen LogP contribution in [0.15, 0.2) is 58.4 Å². The lowest BCUT2D eigenvalue weighted by Crippen LogP contribution is -2.35. The lowest BCUT2D eigenvalue weighted by atomic mass is 9.95. The number of rotatable bonds is 4. The molecule has 1 unspecified atom stereocenters. The number of pyridine rings is 1. The second-order valence-electron chi connectivity index (χ2n) is 7.63. The molecule has 2 aromatic carbocycles. The van der Waals surface area contributed by atoms with Crippen LogP contribution in [-0.4, -0.2) is 23.3 Å². The minimum absolute atomic E-state index is 0.0618. The highest BCUT2D eigenvalue weighted by Crippen LogP contribution is 2.48. The van der Waals surface area contributed by atoms with Crippen LogP contribution in [0.2, 0.25) is 0 Å². The summed E-state index contributed by atoms with van der Waals surface area (Å²) in [6.07, 6.45) is 3.08. The monoisotopic (exact) mass is 390 g/mol. The number of hydrogen-bond acceptors (Lipinski definition) is 3. The summed E-state index contributed by atoms with van der Waals surface area (Å²) in [6, 6.07) is 16.1. The van der Waals surface area contributed by atoms with Crippen LogP contribution in [0.5, 0.6) is 0 Å². The molecular weight excluding hydrogens is 368 g/mol. The van der Waals surface area contributed by atoms with Crippen molar-refractivity contribution in [1.29, 1.82) is 0 Å². The lowest BCUT2D eigenvalue weighted by molar-refractivity contribution is -0.123. The SMILES string of the molecule is CNC(=O)C1CSc2c(C3CC3)c(Cc3cccc4ccccc34)cc(=O)n21. The highest BCUT2D eigenvalue weighted by Gasteiger charge is 2.37. The van der Waals surface area contributed by atoms with E-state index in [-0.39, 0.29) is 11.5 Å². The summed E-state index contributed by atoms with van der Waals surface area (Å²) < 4.78 is 1.73. The van der Waals surface area contributed by atoms with Gasteiger partial charge in [-0.1, -0.05) is 42.5 Å². The van der Waals surface area contributed by atoms with Gasteiger partial charge in [0, 0.05) is 18.9 Å². The molecule has 1 aliphatic carbocycles. The number of nitrogens with one attached hydrogen (secondary N) is 1. The Labute approximate surface area is 168 Å². The largest absolute Gasteiger partial charge is 0.357 e. The molecule has 2 heterocycles.